The fourth-order valence-corrected chi connectivity index (χ4v) is 2.31. The molecule has 2 rings (SSSR count). The first-order valence-corrected chi connectivity index (χ1v) is 6.34. The number of hydrogen-bond acceptors (Lipinski definition) is 2. The highest BCUT2D eigenvalue weighted by atomic mass is 19.1. The first-order chi connectivity index (χ1) is 9.08. The molecule has 1 fully saturated rings. The Bertz CT molecular complexity index is 466. The highest BCUT2D eigenvalue weighted by Crippen LogP contribution is 2.22. The first kappa shape index (κ1) is 13.5. The molecule has 0 spiro atoms. The molecule has 1 unspecified atom stereocenters. The molecule has 1 N–H and O–H groups in total. The van der Waals surface area contributed by atoms with Gasteiger partial charge in [0.25, 0.3) is 0 Å². The third-order valence-corrected chi connectivity index (χ3v) is 3.41. The van der Waals surface area contributed by atoms with Crippen molar-refractivity contribution in [3.05, 3.63) is 35.6 Å². The molecule has 0 radical (unpaired) electrons. The fourth-order valence-electron chi connectivity index (χ4n) is 2.31. The van der Waals surface area contributed by atoms with Gasteiger partial charge in [-0.3, -0.25) is 9.59 Å². The predicted molar refractivity (Wildman–Crippen MR) is 67.2 cm³/mol. The van der Waals surface area contributed by atoms with E-state index in [-0.39, 0.29) is 12.3 Å². The molecule has 19 heavy (non-hydrogen) atoms. The average Bonchev–Trinajstić information content (AvgIpc) is 2.90. The van der Waals surface area contributed by atoms with E-state index in [1.54, 1.807) is 4.90 Å². The van der Waals surface area contributed by atoms with Gasteiger partial charge in [0.15, 0.2) is 0 Å². The van der Waals surface area contributed by atoms with E-state index in [1.807, 2.05) is 0 Å². The van der Waals surface area contributed by atoms with Crippen LogP contribution in [0, 0.1) is 5.82 Å². The van der Waals surface area contributed by atoms with Gasteiger partial charge in [0, 0.05) is 19.5 Å². The molecule has 1 aliphatic heterocycles. The first-order valence-electron chi connectivity index (χ1n) is 6.34. The van der Waals surface area contributed by atoms with Crippen LogP contribution in [0.15, 0.2) is 24.3 Å². The molecule has 1 aromatic carbocycles. The van der Waals surface area contributed by atoms with Crippen LogP contribution >= 0.6 is 0 Å². The smallest absolute Gasteiger partial charge is 0.311 e. The maximum atomic E-state index is 12.8. The van der Waals surface area contributed by atoms with E-state index in [2.05, 4.69) is 0 Å². The lowest BCUT2D eigenvalue weighted by Crippen LogP contribution is -2.30. The molecule has 0 saturated carbocycles. The van der Waals surface area contributed by atoms with Gasteiger partial charge >= 0.3 is 5.97 Å². The van der Waals surface area contributed by atoms with Gasteiger partial charge in [-0.2, -0.15) is 0 Å². The van der Waals surface area contributed by atoms with Crippen molar-refractivity contribution in [2.24, 2.45) is 0 Å². The Hall–Kier alpha value is -1.91. The minimum atomic E-state index is -1.06. The van der Waals surface area contributed by atoms with Crippen molar-refractivity contribution in [1.82, 2.24) is 4.90 Å². The van der Waals surface area contributed by atoms with E-state index in [1.165, 1.54) is 24.3 Å². The van der Waals surface area contributed by atoms with Crippen LogP contribution in [-0.2, 0) is 9.59 Å². The molecule has 1 atom stereocenters. The van der Waals surface area contributed by atoms with Crippen LogP contribution in [0.4, 0.5) is 4.39 Å². The number of nitrogens with zero attached hydrogens (tertiary/aromatic N) is 1. The molecule has 1 aliphatic rings. The molecule has 5 heteroatoms. The van der Waals surface area contributed by atoms with E-state index in [9.17, 15) is 19.1 Å². The molecule has 1 aromatic rings. The van der Waals surface area contributed by atoms with Crippen LogP contribution in [0.5, 0.6) is 0 Å². The van der Waals surface area contributed by atoms with Gasteiger partial charge in [0.2, 0.25) is 5.91 Å². The summed E-state index contributed by atoms with van der Waals surface area (Å²) in [7, 11) is 0. The molecule has 0 aromatic heterocycles. The molecule has 1 saturated heterocycles. The van der Waals surface area contributed by atoms with Gasteiger partial charge in [-0.1, -0.05) is 12.1 Å². The molecule has 4 nitrogen and oxygen atoms in total. The quantitative estimate of drug-likeness (QED) is 0.906. The number of halogens is 1. The van der Waals surface area contributed by atoms with Gasteiger partial charge < -0.3 is 10.0 Å². The predicted octanol–water partition coefficient (Wildman–Crippen LogP) is 2.01. The van der Waals surface area contributed by atoms with E-state index in [4.69, 9.17) is 0 Å². The zero-order chi connectivity index (χ0) is 13.8. The zero-order valence-corrected chi connectivity index (χ0v) is 10.5. The SMILES string of the molecule is O=C(O)C(CC(=O)N1CCCC1)c1ccc(F)cc1. The summed E-state index contributed by atoms with van der Waals surface area (Å²) in [5.41, 5.74) is 0.460. The Kier molecular flexibility index (Phi) is 4.14. The number of hydrogen-bond donors (Lipinski definition) is 1. The summed E-state index contributed by atoms with van der Waals surface area (Å²) in [6.07, 6.45) is 1.88. The van der Waals surface area contributed by atoms with Gasteiger partial charge in [-0.05, 0) is 30.5 Å². The third-order valence-electron chi connectivity index (χ3n) is 3.41. The average molecular weight is 265 g/mol. The van der Waals surface area contributed by atoms with Crippen molar-refractivity contribution < 1.29 is 19.1 Å². The van der Waals surface area contributed by atoms with Gasteiger partial charge in [-0.15, -0.1) is 0 Å². The van der Waals surface area contributed by atoms with Gasteiger partial charge in [0.1, 0.15) is 5.82 Å². The Labute approximate surface area is 110 Å². The summed E-state index contributed by atoms with van der Waals surface area (Å²) in [6.45, 7) is 1.41. The standard InChI is InChI=1S/C14H16FNO3/c15-11-5-3-10(4-6-11)12(14(18)19)9-13(17)16-7-1-2-8-16/h3-6,12H,1-2,7-9H2,(H,18,19). The van der Waals surface area contributed by atoms with Gasteiger partial charge in [0.05, 0.1) is 5.92 Å². The van der Waals surface area contributed by atoms with Crippen LogP contribution < -0.4 is 0 Å². The van der Waals surface area contributed by atoms with Crippen molar-refractivity contribution in [3.8, 4) is 0 Å². The van der Waals surface area contributed by atoms with Crippen LogP contribution in [-0.4, -0.2) is 35.0 Å². The maximum absolute atomic E-state index is 12.8. The van der Waals surface area contributed by atoms with Crippen molar-refractivity contribution in [2.45, 2.75) is 25.2 Å². The summed E-state index contributed by atoms with van der Waals surface area (Å²) in [4.78, 5) is 25.0. The van der Waals surface area contributed by atoms with Gasteiger partial charge in [-0.25, -0.2) is 4.39 Å². The van der Waals surface area contributed by atoms with Crippen molar-refractivity contribution >= 4 is 11.9 Å². The van der Waals surface area contributed by atoms with Crippen molar-refractivity contribution in [3.63, 3.8) is 0 Å². The summed E-state index contributed by atoms with van der Waals surface area (Å²) >= 11 is 0. The van der Waals surface area contributed by atoms with E-state index < -0.39 is 17.7 Å². The Morgan fingerprint density at radius 3 is 2.32 bits per heavy atom. The second-order valence-corrected chi connectivity index (χ2v) is 4.73. The highest BCUT2D eigenvalue weighted by Gasteiger charge is 2.27. The number of carbonyl (C=O) groups is 2. The van der Waals surface area contributed by atoms with Crippen LogP contribution in [0.3, 0.4) is 0 Å². The summed E-state index contributed by atoms with van der Waals surface area (Å²) < 4.78 is 12.8. The fraction of sp³-hybridized carbons (Fsp3) is 0.429. The van der Waals surface area contributed by atoms with E-state index in [0.717, 1.165) is 12.8 Å². The van der Waals surface area contributed by atoms with Crippen molar-refractivity contribution in [2.75, 3.05) is 13.1 Å². The summed E-state index contributed by atoms with van der Waals surface area (Å²) in [5, 5.41) is 9.22. The number of benzene rings is 1. The number of rotatable bonds is 4. The second kappa shape index (κ2) is 5.82. The van der Waals surface area contributed by atoms with Crippen molar-refractivity contribution in [1.29, 1.82) is 0 Å². The molecular formula is C14H16FNO3. The molecule has 0 bridgehead atoms. The summed E-state index contributed by atoms with van der Waals surface area (Å²) in [6, 6.07) is 5.27. The lowest BCUT2D eigenvalue weighted by molar-refractivity contribution is -0.142. The molecule has 1 heterocycles. The Morgan fingerprint density at radius 2 is 1.79 bits per heavy atom. The lowest BCUT2D eigenvalue weighted by Gasteiger charge is -2.18. The van der Waals surface area contributed by atoms with E-state index in [0.29, 0.717) is 18.7 Å². The Morgan fingerprint density at radius 1 is 1.21 bits per heavy atom. The van der Waals surface area contributed by atoms with Crippen LogP contribution in [0.2, 0.25) is 0 Å². The number of carbonyl (C=O) groups excluding carboxylic acids is 1. The zero-order valence-electron chi connectivity index (χ0n) is 10.5. The number of likely N-dealkylation sites (tertiary alicyclic amines) is 1. The molecule has 102 valence electrons. The van der Waals surface area contributed by atoms with Crippen LogP contribution in [0.1, 0.15) is 30.7 Å². The number of carboxylic acid groups (broad SMARTS) is 1. The molecular weight excluding hydrogens is 249 g/mol. The normalized spacial score (nSPS) is 16.4. The van der Waals surface area contributed by atoms with E-state index >= 15 is 0 Å². The second-order valence-electron chi connectivity index (χ2n) is 4.73. The Balaban J connectivity index is 2.09. The minimum Gasteiger partial charge on any atom is -0.481 e. The molecule has 1 amide bonds. The number of aliphatic carboxylic acids is 1. The lowest BCUT2D eigenvalue weighted by atomic mass is 9.95. The highest BCUT2D eigenvalue weighted by molar-refractivity contribution is 5.85. The number of amides is 1. The largest absolute Gasteiger partial charge is 0.481 e. The molecule has 0 aliphatic carbocycles. The number of carboxylic acids is 1. The minimum absolute atomic E-state index is 0.0685. The summed E-state index contributed by atoms with van der Waals surface area (Å²) in [5.74, 6) is -2.53. The van der Waals surface area contributed by atoms with Crippen LogP contribution in [0.25, 0.3) is 0 Å². The monoisotopic (exact) mass is 265 g/mol. The topological polar surface area (TPSA) is 57.6 Å². The maximum Gasteiger partial charge on any atom is 0.311 e. The third kappa shape index (κ3) is 3.30.